The minimum Gasteiger partial charge on any atom is -0.456 e. The van der Waals surface area contributed by atoms with E-state index in [2.05, 4.69) is 204 Å². The molecule has 0 aliphatic rings. The Morgan fingerprint density at radius 2 is 0.517 bits per heavy atom. The highest BCUT2D eigenvalue weighted by atomic mass is 16.3. The van der Waals surface area contributed by atoms with E-state index in [4.69, 9.17) is 8.83 Å². The zero-order valence-corrected chi connectivity index (χ0v) is 31.5. The smallest absolute Gasteiger partial charge is 0.135 e. The number of anilines is 6. The maximum atomic E-state index is 6.21. The molecule has 0 saturated carbocycles. The summed E-state index contributed by atoms with van der Waals surface area (Å²) in [5, 5.41) is 4.38. The number of hydrogen-bond acceptors (Lipinski definition) is 4. The lowest BCUT2D eigenvalue weighted by Crippen LogP contribution is -2.09. The van der Waals surface area contributed by atoms with Crippen molar-refractivity contribution in [2.24, 2.45) is 0 Å². The highest BCUT2D eigenvalue weighted by molar-refractivity contribution is 6.08. The monoisotopic (exact) mass is 744 g/mol. The van der Waals surface area contributed by atoms with Gasteiger partial charge in [0.1, 0.15) is 22.3 Å². The van der Waals surface area contributed by atoms with Crippen LogP contribution in [0.3, 0.4) is 0 Å². The maximum absolute atomic E-state index is 6.21. The summed E-state index contributed by atoms with van der Waals surface area (Å²) in [5.41, 5.74) is 14.7. The van der Waals surface area contributed by atoms with Gasteiger partial charge in [-0.15, -0.1) is 0 Å². The number of furan rings is 2. The van der Waals surface area contributed by atoms with Crippen LogP contribution in [0.1, 0.15) is 0 Å². The van der Waals surface area contributed by atoms with Gasteiger partial charge in [0.25, 0.3) is 0 Å². The quantitative estimate of drug-likeness (QED) is 0.155. The number of fused-ring (bicyclic) bond motifs is 6. The first-order chi connectivity index (χ1) is 28.7. The summed E-state index contributed by atoms with van der Waals surface area (Å²) in [5.74, 6) is 0. The molecule has 0 unspecified atom stereocenters. The van der Waals surface area contributed by atoms with E-state index in [-0.39, 0.29) is 0 Å². The van der Waals surface area contributed by atoms with E-state index in [1.54, 1.807) is 0 Å². The Kier molecular flexibility index (Phi) is 8.11. The molecule has 0 aliphatic carbocycles. The Balaban J connectivity index is 0.918. The molecule has 2 heterocycles. The Morgan fingerprint density at radius 1 is 0.224 bits per heavy atom. The molecule has 0 fully saturated rings. The zero-order valence-electron chi connectivity index (χ0n) is 31.5. The van der Waals surface area contributed by atoms with Crippen molar-refractivity contribution < 1.29 is 8.83 Å². The molecule has 0 bridgehead atoms. The van der Waals surface area contributed by atoms with Crippen LogP contribution in [0.4, 0.5) is 34.1 Å². The molecule has 0 atom stereocenters. The molecule has 4 nitrogen and oxygen atoms in total. The molecule has 0 N–H and O–H groups in total. The van der Waals surface area contributed by atoms with Crippen molar-refractivity contribution in [3.05, 3.63) is 218 Å². The van der Waals surface area contributed by atoms with Crippen LogP contribution in [0.2, 0.25) is 0 Å². The summed E-state index contributed by atoms with van der Waals surface area (Å²) in [4.78, 5) is 4.60. The SMILES string of the molecule is c1ccc(N(c2ccccc2)c2ccc(-c3ccc(-c4ccc(N(c5ccc6oc7ccccc7c6c5)c5ccc6oc7ccccc7c6c5)cc4)cc3)cc2)cc1. The van der Waals surface area contributed by atoms with Crippen molar-refractivity contribution in [1.29, 1.82) is 0 Å². The molecule has 0 saturated heterocycles. The predicted octanol–water partition coefficient (Wildman–Crippen LogP) is 15.8. The Hall–Kier alpha value is -7.82. The summed E-state index contributed by atoms with van der Waals surface area (Å²) in [7, 11) is 0. The Labute approximate surface area is 336 Å². The second kappa shape index (κ2) is 14.0. The van der Waals surface area contributed by atoms with Crippen molar-refractivity contribution >= 4 is 78.0 Å². The molecule has 11 aromatic rings. The second-order valence-electron chi connectivity index (χ2n) is 14.6. The highest BCUT2D eigenvalue weighted by Gasteiger charge is 2.18. The van der Waals surface area contributed by atoms with Gasteiger partial charge in [-0.3, -0.25) is 0 Å². The topological polar surface area (TPSA) is 32.8 Å². The van der Waals surface area contributed by atoms with E-state index in [0.29, 0.717) is 0 Å². The summed E-state index contributed by atoms with van der Waals surface area (Å²) >= 11 is 0. The van der Waals surface area contributed by atoms with Crippen LogP contribution < -0.4 is 9.80 Å². The van der Waals surface area contributed by atoms with E-state index < -0.39 is 0 Å². The molecular weight excluding hydrogens is 709 g/mol. The fourth-order valence-electron chi connectivity index (χ4n) is 8.22. The van der Waals surface area contributed by atoms with Gasteiger partial charge in [0, 0.05) is 55.7 Å². The molecule has 4 heteroatoms. The lowest BCUT2D eigenvalue weighted by molar-refractivity contribution is 0.668. The van der Waals surface area contributed by atoms with Gasteiger partial charge in [-0.25, -0.2) is 0 Å². The molecule has 11 rings (SSSR count). The number of hydrogen-bond donors (Lipinski definition) is 0. The van der Waals surface area contributed by atoms with Gasteiger partial charge in [-0.05, 0) is 119 Å². The average Bonchev–Trinajstić information content (AvgIpc) is 3.86. The summed E-state index contributed by atoms with van der Waals surface area (Å²) in [6.45, 7) is 0. The van der Waals surface area contributed by atoms with Crippen molar-refractivity contribution in [1.82, 2.24) is 0 Å². The molecular formula is C54H36N2O2. The van der Waals surface area contributed by atoms with Gasteiger partial charge < -0.3 is 18.6 Å². The van der Waals surface area contributed by atoms with E-state index >= 15 is 0 Å². The number of benzene rings is 9. The summed E-state index contributed by atoms with van der Waals surface area (Å²) < 4.78 is 12.4. The van der Waals surface area contributed by atoms with Crippen LogP contribution in [0.15, 0.2) is 227 Å². The fourth-order valence-corrected chi connectivity index (χ4v) is 8.22. The lowest BCUT2D eigenvalue weighted by Gasteiger charge is -2.26. The Morgan fingerprint density at radius 3 is 0.931 bits per heavy atom. The highest BCUT2D eigenvalue weighted by Crippen LogP contribution is 2.42. The van der Waals surface area contributed by atoms with E-state index in [0.717, 1.165) is 89.1 Å². The lowest BCUT2D eigenvalue weighted by atomic mass is 9.99. The molecule has 0 amide bonds. The van der Waals surface area contributed by atoms with Crippen molar-refractivity contribution in [3.8, 4) is 22.3 Å². The molecule has 2 aromatic heterocycles. The zero-order chi connectivity index (χ0) is 38.4. The molecule has 274 valence electrons. The van der Waals surface area contributed by atoms with Gasteiger partial charge in [0.15, 0.2) is 0 Å². The van der Waals surface area contributed by atoms with Gasteiger partial charge in [-0.1, -0.05) is 121 Å². The van der Waals surface area contributed by atoms with Crippen LogP contribution in [0, 0.1) is 0 Å². The second-order valence-corrected chi connectivity index (χ2v) is 14.6. The van der Waals surface area contributed by atoms with Crippen LogP contribution in [0.25, 0.3) is 66.1 Å². The normalized spacial score (nSPS) is 11.4. The van der Waals surface area contributed by atoms with E-state index in [1.165, 1.54) is 11.1 Å². The van der Waals surface area contributed by atoms with Gasteiger partial charge in [0.2, 0.25) is 0 Å². The van der Waals surface area contributed by atoms with Crippen molar-refractivity contribution in [2.45, 2.75) is 0 Å². The van der Waals surface area contributed by atoms with Crippen LogP contribution >= 0.6 is 0 Å². The van der Waals surface area contributed by atoms with Crippen molar-refractivity contribution in [2.75, 3.05) is 9.80 Å². The first-order valence-electron chi connectivity index (χ1n) is 19.6. The predicted molar refractivity (Wildman–Crippen MR) is 241 cm³/mol. The van der Waals surface area contributed by atoms with Gasteiger partial charge in [-0.2, -0.15) is 0 Å². The van der Waals surface area contributed by atoms with Crippen LogP contribution in [0.5, 0.6) is 0 Å². The third kappa shape index (κ3) is 5.96. The Bertz CT molecular complexity index is 3050. The minimum atomic E-state index is 0.872. The van der Waals surface area contributed by atoms with E-state index in [9.17, 15) is 0 Å². The summed E-state index contributed by atoms with van der Waals surface area (Å²) in [6.07, 6.45) is 0. The van der Waals surface area contributed by atoms with Crippen LogP contribution in [-0.4, -0.2) is 0 Å². The van der Waals surface area contributed by atoms with Crippen molar-refractivity contribution in [3.63, 3.8) is 0 Å². The first-order valence-corrected chi connectivity index (χ1v) is 19.6. The maximum Gasteiger partial charge on any atom is 0.135 e. The van der Waals surface area contributed by atoms with E-state index in [1.807, 2.05) is 24.3 Å². The number of nitrogens with zero attached hydrogens (tertiary/aromatic N) is 2. The third-order valence-electron chi connectivity index (χ3n) is 11.1. The molecule has 9 aromatic carbocycles. The average molecular weight is 745 g/mol. The fraction of sp³-hybridized carbons (Fsp3) is 0. The molecule has 0 radical (unpaired) electrons. The summed E-state index contributed by atoms with van der Waals surface area (Å²) in [6, 6.07) is 76.9. The number of rotatable bonds is 8. The van der Waals surface area contributed by atoms with Crippen LogP contribution in [-0.2, 0) is 0 Å². The standard InChI is InChI=1S/C54H36N2O2/c1-3-11-41(12-4-1)55(42-13-5-2-6-14-42)43-27-23-39(24-28-43)37-19-21-38(22-20-37)40-25-29-44(30-26-40)56(45-31-33-53-49(35-45)47-15-7-9-17-51(47)57-53)46-32-34-54-50(36-46)48-16-8-10-18-52(48)58-54/h1-36H. The number of para-hydroxylation sites is 4. The molecule has 0 spiro atoms. The third-order valence-corrected chi connectivity index (χ3v) is 11.1. The largest absolute Gasteiger partial charge is 0.456 e. The van der Waals surface area contributed by atoms with Gasteiger partial charge >= 0.3 is 0 Å². The minimum absolute atomic E-state index is 0.872. The molecule has 58 heavy (non-hydrogen) atoms. The molecule has 0 aliphatic heterocycles. The first kappa shape index (κ1) is 33.5. The van der Waals surface area contributed by atoms with Gasteiger partial charge in [0.05, 0.1) is 0 Å².